The Morgan fingerprint density at radius 2 is 2.31 bits per heavy atom. The summed E-state index contributed by atoms with van der Waals surface area (Å²) in [4.78, 5) is 13.2. The van der Waals surface area contributed by atoms with Crippen LogP contribution in [0.4, 0.5) is 0 Å². The summed E-state index contributed by atoms with van der Waals surface area (Å²) in [5, 5.41) is 9.39. The van der Waals surface area contributed by atoms with Crippen molar-refractivity contribution in [1.29, 1.82) is 0 Å². The van der Waals surface area contributed by atoms with Gasteiger partial charge in [-0.2, -0.15) is 0 Å². The Morgan fingerprint density at radius 3 is 2.92 bits per heavy atom. The number of amides is 1. The second-order valence-electron chi connectivity index (χ2n) is 3.66. The maximum Gasteiger partial charge on any atom is 0.224 e. The van der Waals surface area contributed by atoms with Crippen LogP contribution in [-0.4, -0.2) is 41.1 Å². The van der Waals surface area contributed by atoms with Gasteiger partial charge >= 0.3 is 0 Å². The Bertz CT molecular complexity index is 184. The molecule has 13 heavy (non-hydrogen) atoms. The highest BCUT2D eigenvalue weighted by atomic mass is 16.3. The first-order chi connectivity index (χ1) is 6.15. The van der Waals surface area contributed by atoms with E-state index in [4.69, 9.17) is 5.73 Å². The maximum absolute atomic E-state index is 11.5. The molecule has 0 radical (unpaired) electrons. The number of aliphatic hydroxyl groups is 1. The van der Waals surface area contributed by atoms with Crippen LogP contribution in [0.5, 0.6) is 0 Å². The van der Waals surface area contributed by atoms with Crippen molar-refractivity contribution >= 4 is 5.91 Å². The smallest absolute Gasteiger partial charge is 0.224 e. The van der Waals surface area contributed by atoms with E-state index in [1.165, 1.54) is 0 Å². The van der Waals surface area contributed by atoms with E-state index in [2.05, 4.69) is 0 Å². The molecule has 1 saturated heterocycles. The highest BCUT2D eigenvalue weighted by Crippen LogP contribution is 2.17. The summed E-state index contributed by atoms with van der Waals surface area (Å²) < 4.78 is 0. The first kappa shape index (κ1) is 10.5. The minimum atomic E-state index is -0.349. The molecule has 0 bridgehead atoms. The molecular weight excluding hydrogens is 168 g/mol. The van der Waals surface area contributed by atoms with Gasteiger partial charge in [0.2, 0.25) is 5.91 Å². The Morgan fingerprint density at radius 1 is 1.62 bits per heavy atom. The van der Waals surface area contributed by atoms with E-state index in [9.17, 15) is 9.90 Å². The van der Waals surface area contributed by atoms with E-state index in [0.717, 1.165) is 12.8 Å². The molecule has 2 unspecified atom stereocenters. The number of carbonyl (C=O) groups excluding carboxylic acids is 1. The Balaban J connectivity index is 2.50. The summed E-state index contributed by atoms with van der Waals surface area (Å²) in [6, 6.07) is 0.252. The predicted octanol–water partition coefficient (Wildman–Crippen LogP) is -0.293. The quantitative estimate of drug-likeness (QED) is 0.622. The monoisotopic (exact) mass is 186 g/mol. The SMILES string of the molecule is CC1CCC(O)CN1C(=O)CCN. The molecule has 76 valence electrons. The Hall–Kier alpha value is -0.610. The summed E-state index contributed by atoms with van der Waals surface area (Å²) in [6.45, 7) is 2.87. The van der Waals surface area contributed by atoms with Gasteiger partial charge in [0.05, 0.1) is 6.10 Å². The topological polar surface area (TPSA) is 66.6 Å². The molecule has 0 aliphatic carbocycles. The van der Waals surface area contributed by atoms with Gasteiger partial charge < -0.3 is 15.7 Å². The molecule has 1 aliphatic rings. The summed E-state index contributed by atoms with van der Waals surface area (Å²) in [5.74, 6) is 0.0637. The minimum absolute atomic E-state index is 0.0637. The van der Waals surface area contributed by atoms with Crippen LogP contribution < -0.4 is 5.73 Å². The molecule has 0 spiro atoms. The third kappa shape index (κ3) is 2.67. The van der Waals surface area contributed by atoms with Gasteiger partial charge in [-0.1, -0.05) is 0 Å². The van der Waals surface area contributed by atoms with Crippen LogP contribution in [0.15, 0.2) is 0 Å². The van der Waals surface area contributed by atoms with E-state index in [1.807, 2.05) is 6.92 Å². The molecule has 0 saturated carbocycles. The second-order valence-corrected chi connectivity index (χ2v) is 3.66. The third-order valence-corrected chi connectivity index (χ3v) is 2.54. The number of carbonyl (C=O) groups is 1. The predicted molar refractivity (Wildman–Crippen MR) is 50.1 cm³/mol. The van der Waals surface area contributed by atoms with Gasteiger partial charge in [-0.15, -0.1) is 0 Å². The third-order valence-electron chi connectivity index (χ3n) is 2.54. The molecular formula is C9H18N2O2. The first-order valence-corrected chi connectivity index (χ1v) is 4.82. The van der Waals surface area contributed by atoms with Crippen LogP contribution in [0.25, 0.3) is 0 Å². The van der Waals surface area contributed by atoms with Crippen LogP contribution in [-0.2, 0) is 4.79 Å². The fourth-order valence-electron chi connectivity index (χ4n) is 1.70. The Kier molecular flexibility index (Phi) is 3.69. The van der Waals surface area contributed by atoms with Gasteiger partial charge in [0.1, 0.15) is 0 Å². The number of aliphatic hydroxyl groups excluding tert-OH is 1. The van der Waals surface area contributed by atoms with Gasteiger partial charge in [-0.3, -0.25) is 4.79 Å². The lowest BCUT2D eigenvalue weighted by atomic mass is 10.0. The lowest BCUT2D eigenvalue weighted by Crippen LogP contribution is -2.47. The first-order valence-electron chi connectivity index (χ1n) is 4.82. The van der Waals surface area contributed by atoms with E-state index < -0.39 is 0 Å². The number of rotatable bonds is 2. The van der Waals surface area contributed by atoms with Crippen LogP contribution in [0.2, 0.25) is 0 Å². The van der Waals surface area contributed by atoms with Crippen molar-refractivity contribution in [3.8, 4) is 0 Å². The molecule has 1 amide bonds. The van der Waals surface area contributed by atoms with Crippen LogP contribution in [0.3, 0.4) is 0 Å². The average molecular weight is 186 g/mol. The van der Waals surface area contributed by atoms with Crippen molar-refractivity contribution in [2.75, 3.05) is 13.1 Å². The van der Waals surface area contributed by atoms with E-state index >= 15 is 0 Å². The van der Waals surface area contributed by atoms with Crippen LogP contribution >= 0.6 is 0 Å². The number of piperidine rings is 1. The lowest BCUT2D eigenvalue weighted by Gasteiger charge is -2.36. The summed E-state index contributed by atoms with van der Waals surface area (Å²) in [5.41, 5.74) is 5.31. The van der Waals surface area contributed by atoms with Crippen molar-refractivity contribution in [1.82, 2.24) is 4.90 Å². The van der Waals surface area contributed by atoms with Crippen molar-refractivity contribution < 1.29 is 9.90 Å². The van der Waals surface area contributed by atoms with Gasteiger partial charge in [-0.25, -0.2) is 0 Å². The van der Waals surface area contributed by atoms with Gasteiger partial charge in [0.15, 0.2) is 0 Å². The van der Waals surface area contributed by atoms with Gasteiger partial charge in [-0.05, 0) is 19.8 Å². The Labute approximate surface area is 78.7 Å². The molecule has 4 nitrogen and oxygen atoms in total. The van der Waals surface area contributed by atoms with Crippen molar-refractivity contribution in [3.63, 3.8) is 0 Å². The van der Waals surface area contributed by atoms with E-state index in [0.29, 0.717) is 19.5 Å². The minimum Gasteiger partial charge on any atom is -0.391 e. The normalized spacial score (nSPS) is 29.0. The zero-order chi connectivity index (χ0) is 9.84. The average Bonchev–Trinajstić information content (AvgIpc) is 2.09. The number of hydrogen-bond acceptors (Lipinski definition) is 3. The molecule has 3 N–H and O–H groups in total. The zero-order valence-corrected chi connectivity index (χ0v) is 8.07. The molecule has 0 aromatic carbocycles. The van der Waals surface area contributed by atoms with Crippen molar-refractivity contribution in [2.24, 2.45) is 5.73 Å². The molecule has 1 rings (SSSR count). The standard InChI is InChI=1S/C9H18N2O2/c1-7-2-3-8(12)6-11(7)9(13)4-5-10/h7-8,12H,2-6,10H2,1H3. The molecule has 2 atom stereocenters. The lowest BCUT2D eigenvalue weighted by molar-refractivity contribution is -0.136. The number of nitrogens with zero attached hydrogens (tertiary/aromatic N) is 1. The number of hydrogen-bond donors (Lipinski definition) is 2. The van der Waals surface area contributed by atoms with Crippen LogP contribution in [0, 0.1) is 0 Å². The number of β-amino-alcohol motifs (C(OH)–C–C–N with tert-alkyl or cyclic N) is 1. The molecule has 1 heterocycles. The van der Waals surface area contributed by atoms with Crippen LogP contribution in [0.1, 0.15) is 26.2 Å². The number of likely N-dealkylation sites (tertiary alicyclic amines) is 1. The summed E-state index contributed by atoms with van der Waals surface area (Å²) in [6.07, 6.45) is 1.72. The van der Waals surface area contributed by atoms with Gasteiger partial charge in [0.25, 0.3) is 0 Å². The zero-order valence-electron chi connectivity index (χ0n) is 8.07. The van der Waals surface area contributed by atoms with Gasteiger partial charge in [0, 0.05) is 25.6 Å². The molecule has 1 aliphatic heterocycles. The molecule has 0 aromatic rings. The highest BCUT2D eigenvalue weighted by molar-refractivity contribution is 5.76. The van der Waals surface area contributed by atoms with E-state index in [-0.39, 0.29) is 18.1 Å². The molecule has 4 heteroatoms. The molecule has 1 fully saturated rings. The maximum atomic E-state index is 11.5. The summed E-state index contributed by atoms with van der Waals surface area (Å²) in [7, 11) is 0. The highest BCUT2D eigenvalue weighted by Gasteiger charge is 2.26. The second kappa shape index (κ2) is 4.58. The van der Waals surface area contributed by atoms with Crippen molar-refractivity contribution in [3.05, 3.63) is 0 Å². The molecule has 0 aromatic heterocycles. The summed E-state index contributed by atoms with van der Waals surface area (Å²) >= 11 is 0. The number of nitrogens with two attached hydrogens (primary N) is 1. The fraction of sp³-hybridized carbons (Fsp3) is 0.889. The fourth-order valence-corrected chi connectivity index (χ4v) is 1.70. The van der Waals surface area contributed by atoms with E-state index in [1.54, 1.807) is 4.90 Å². The van der Waals surface area contributed by atoms with Crippen molar-refractivity contribution in [2.45, 2.75) is 38.3 Å². The largest absolute Gasteiger partial charge is 0.391 e.